The van der Waals surface area contributed by atoms with E-state index in [4.69, 9.17) is 18.1 Å². The van der Waals surface area contributed by atoms with Crippen molar-refractivity contribution in [3.8, 4) is 0 Å². The zero-order valence-electron chi connectivity index (χ0n) is 38.0. The van der Waals surface area contributed by atoms with E-state index in [2.05, 4.69) is 93.6 Å². The molecule has 6 unspecified atom stereocenters. The first-order chi connectivity index (χ1) is 29.5. The van der Waals surface area contributed by atoms with Crippen molar-refractivity contribution in [1.29, 1.82) is 0 Å². The topological polar surface area (TPSA) is 108 Å². The van der Waals surface area contributed by atoms with Crippen LogP contribution >= 0.6 is 0 Å². The van der Waals surface area contributed by atoms with E-state index in [0.717, 1.165) is 31.1 Å². The molecule has 1 saturated heterocycles. The summed E-state index contributed by atoms with van der Waals surface area (Å²) >= 11 is 0. The summed E-state index contributed by atoms with van der Waals surface area (Å²) in [5.74, 6) is -1.10. The van der Waals surface area contributed by atoms with E-state index in [1.807, 2.05) is 68.1 Å². The molecule has 2 aliphatic heterocycles. The van der Waals surface area contributed by atoms with Gasteiger partial charge in [0, 0.05) is 36.9 Å². The predicted molar refractivity (Wildman–Crippen MR) is 249 cm³/mol. The van der Waals surface area contributed by atoms with Crippen LogP contribution in [0.15, 0.2) is 115 Å². The second kappa shape index (κ2) is 20.3. The van der Waals surface area contributed by atoms with Crippen LogP contribution in [0.5, 0.6) is 0 Å². The average Bonchev–Trinajstić information content (AvgIpc) is 3.24. The SMILES string of the molecule is CC(C)(C)C(=O)OCC12/C=C/CC/C=C\CCCC(=O)N3CCC(C(CO[Si](c4ccccc4)(c4ccccc4)C(C)(C)C)C1)C(C(COCc1ccccc1)OS(C)(=O)=O)C32. The Hall–Kier alpha value is -3.87. The van der Waals surface area contributed by atoms with Crippen LogP contribution in [0, 0.1) is 28.6 Å². The van der Waals surface area contributed by atoms with Gasteiger partial charge in [0.25, 0.3) is 18.4 Å². The third kappa shape index (κ3) is 11.3. The molecule has 336 valence electrons. The van der Waals surface area contributed by atoms with Crippen molar-refractivity contribution in [3.05, 3.63) is 121 Å². The summed E-state index contributed by atoms with van der Waals surface area (Å²) in [7, 11) is -7.04. The van der Waals surface area contributed by atoms with Gasteiger partial charge in [-0.15, -0.1) is 0 Å². The largest absolute Gasteiger partial charge is 0.464 e. The average molecular weight is 884 g/mol. The van der Waals surface area contributed by atoms with Crippen molar-refractivity contribution in [2.45, 2.75) is 110 Å². The number of amides is 1. The fourth-order valence-electron chi connectivity index (χ4n) is 10.3. The highest BCUT2D eigenvalue weighted by atomic mass is 32.2. The molecule has 0 N–H and O–H groups in total. The van der Waals surface area contributed by atoms with Crippen LogP contribution < -0.4 is 10.4 Å². The van der Waals surface area contributed by atoms with E-state index in [1.54, 1.807) is 0 Å². The Morgan fingerprint density at radius 1 is 0.855 bits per heavy atom. The second-order valence-electron chi connectivity index (χ2n) is 19.7. The van der Waals surface area contributed by atoms with Crippen LogP contribution in [0.2, 0.25) is 5.04 Å². The minimum atomic E-state index is -4.01. The number of ether oxygens (including phenoxy) is 2. The van der Waals surface area contributed by atoms with Crippen LogP contribution in [-0.2, 0) is 44.4 Å². The van der Waals surface area contributed by atoms with E-state index in [0.29, 0.717) is 38.8 Å². The number of piperidine rings is 1. The summed E-state index contributed by atoms with van der Waals surface area (Å²) in [6.07, 6.45) is 13.4. The normalized spacial score (nSPS) is 25.4. The molecule has 6 rings (SSSR count). The monoisotopic (exact) mass is 883 g/mol. The van der Waals surface area contributed by atoms with E-state index in [-0.39, 0.29) is 48.6 Å². The molecule has 3 aromatic rings. The molecule has 2 fully saturated rings. The Bertz CT molecular complexity index is 2060. The number of allylic oxidation sites excluding steroid dienone is 3. The van der Waals surface area contributed by atoms with Crippen LogP contribution in [0.4, 0.5) is 0 Å². The lowest BCUT2D eigenvalue weighted by Gasteiger charge is -2.61. The number of hydrogen-bond donors (Lipinski definition) is 0. The smallest absolute Gasteiger partial charge is 0.311 e. The molecule has 1 saturated carbocycles. The molecule has 6 atom stereocenters. The Morgan fingerprint density at radius 3 is 2.05 bits per heavy atom. The molecule has 2 bridgehead atoms. The maximum absolute atomic E-state index is 14.6. The number of rotatable bonds is 14. The fraction of sp³-hybridized carbons (Fsp3) is 0.529. The predicted octanol–water partition coefficient (Wildman–Crippen LogP) is 8.63. The molecular weight excluding hydrogens is 815 g/mol. The third-order valence-electron chi connectivity index (χ3n) is 13.1. The van der Waals surface area contributed by atoms with E-state index >= 15 is 0 Å². The molecule has 11 heteroatoms. The van der Waals surface area contributed by atoms with Gasteiger partial charge in [-0.1, -0.05) is 136 Å². The quantitative estimate of drug-likeness (QED) is 0.0686. The molecule has 0 aromatic heterocycles. The first-order valence-electron chi connectivity index (χ1n) is 22.5. The molecular formula is C51H69NO8SSi. The number of fused-ring (bicyclic) bond motifs is 1. The lowest BCUT2D eigenvalue weighted by molar-refractivity contribution is -0.179. The first kappa shape index (κ1) is 47.6. The molecule has 9 nitrogen and oxygen atoms in total. The highest BCUT2D eigenvalue weighted by Crippen LogP contribution is 2.55. The lowest BCUT2D eigenvalue weighted by Crippen LogP contribution is -2.70. The molecule has 0 radical (unpaired) electrons. The lowest BCUT2D eigenvalue weighted by atomic mass is 9.53. The molecule has 2 heterocycles. The van der Waals surface area contributed by atoms with E-state index in [9.17, 15) is 18.0 Å². The number of benzene rings is 3. The van der Waals surface area contributed by atoms with Crippen molar-refractivity contribution in [3.63, 3.8) is 0 Å². The second-order valence-corrected chi connectivity index (χ2v) is 25.6. The van der Waals surface area contributed by atoms with Crippen LogP contribution in [0.25, 0.3) is 0 Å². The highest BCUT2D eigenvalue weighted by molar-refractivity contribution is 7.86. The third-order valence-corrected chi connectivity index (χ3v) is 18.7. The summed E-state index contributed by atoms with van der Waals surface area (Å²) < 4.78 is 53.5. The summed E-state index contributed by atoms with van der Waals surface area (Å²) in [6.45, 7) is 13.4. The highest BCUT2D eigenvalue weighted by Gasteiger charge is 2.61. The Kier molecular flexibility index (Phi) is 15.6. The van der Waals surface area contributed by atoms with Crippen molar-refractivity contribution in [2.24, 2.45) is 28.6 Å². The molecule has 1 amide bonds. The first-order valence-corrected chi connectivity index (χ1v) is 26.2. The van der Waals surface area contributed by atoms with Gasteiger partial charge in [-0.3, -0.25) is 13.8 Å². The molecule has 62 heavy (non-hydrogen) atoms. The van der Waals surface area contributed by atoms with Crippen molar-refractivity contribution in [2.75, 3.05) is 32.6 Å². The maximum Gasteiger partial charge on any atom is 0.311 e. The minimum absolute atomic E-state index is 0.0105. The van der Waals surface area contributed by atoms with Gasteiger partial charge in [0.2, 0.25) is 5.91 Å². The van der Waals surface area contributed by atoms with Gasteiger partial charge in [0.1, 0.15) is 12.7 Å². The molecule has 1 aliphatic carbocycles. The van der Waals surface area contributed by atoms with Crippen LogP contribution in [0.1, 0.15) is 92.1 Å². The van der Waals surface area contributed by atoms with Gasteiger partial charge in [-0.25, -0.2) is 0 Å². The fourth-order valence-corrected chi connectivity index (χ4v) is 15.6. The van der Waals surface area contributed by atoms with Crippen molar-refractivity contribution >= 4 is 40.7 Å². The van der Waals surface area contributed by atoms with Crippen LogP contribution in [-0.4, -0.2) is 78.3 Å². The number of carbonyl (C=O) groups is 2. The van der Waals surface area contributed by atoms with E-state index < -0.39 is 47.3 Å². The maximum atomic E-state index is 14.6. The summed E-state index contributed by atoms with van der Waals surface area (Å²) in [6, 6.07) is 30.4. The van der Waals surface area contributed by atoms with Gasteiger partial charge in [-0.05, 0) is 92.1 Å². The zero-order chi connectivity index (χ0) is 44.6. The summed E-state index contributed by atoms with van der Waals surface area (Å²) in [5.41, 5.74) is -0.728. The molecule has 3 aromatic carbocycles. The number of hydrogen-bond acceptors (Lipinski definition) is 8. The van der Waals surface area contributed by atoms with Crippen molar-refractivity contribution in [1.82, 2.24) is 4.90 Å². The van der Waals surface area contributed by atoms with Gasteiger partial charge < -0.3 is 18.8 Å². The van der Waals surface area contributed by atoms with E-state index in [1.165, 1.54) is 10.4 Å². The Labute approximate surface area is 372 Å². The standard InChI is InChI=1S/C51H69NO8SSi/c1-49(2,3)48(54)58-38-51-32-23-12-10-8-9-11-22-30-45(53)52-33-31-43(46(47(51)52)44(60-61(7,55)56)37-57-35-39-24-16-13-17-25-39)40(34-51)36-59-62(50(4,5)6,41-26-18-14-19-27-41)42-28-20-15-21-29-42/h8-9,13-21,23-29,32,40,43-44,46-47H,10-12,22,30-31,33-38H2,1-7H3/b9-8-,32-23+. The minimum Gasteiger partial charge on any atom is -0.464 e. The molecule has 3 aliphatic rings. The summed E-state index contributed by atoms with van der Waals surface area (Å²) in [5, 5.41) is 2.05. The van der Waals surface area contributed by atoms with Gasteiger partial charge >= 0.3 is 5.97 Å². The number of nitrogens with zero attached hydrogens (tertiary/aromatic N) is 1. The Balaban J connectivity index is 1.53. The van der Waals surface area contributed by atoms with Gasteiger partial charge in [0.05, 0.1) is 24.9 Å². The Morgan fingerprint density at radius 2 is 1.45 bits per heavy atom. The van der Waals surface area contributed by atoms with Gasteiger partial charge in [-0.2, -0.15) is 8.42 Å². The van der Waals surface area contributed by atoms with Crippen molar-refractivity contribution < 1.29 is 36.1 Å². The van der Waals surface area contributed by atoms with Crippen LogP contribution in [0.3, 0.4) is 0 Å². The summed E-state index contributed by atoms with van der Waals surface area (Å²) in [4.78, 5) is 30.4. The number of carbonyl (C=O) groups excluding carboxylic acids is 2. The number of esters is 1. The zero-order valence-corrected chi connectivity index (χ0v) is 39.8. The molecule has 0 spiro atoms. The van der Waals surface area contributed by atoms with Gasteiger partial charge in [0.15, 0.2) is 0 Å².